The van der Waals surface area contributed by atoms with Gasteiger partial charge < -0.3 is 5.11 Å². The van der Waals surface area contributed by atoms with Crippen molar-refractivity contribution in [2.45, 2.75) is 53.4 Å². The minimum atomic E-state index is 0.495. The molecular weight excluding hydrogens is 256 g/mol. The number of phenolic OH excluding ortho intramolecular Hbond substituents is 1. The van der Waals surface area contributed by atoms with Crippen LogP contribution in [0, 0.1) is 0 Å². The third-order valence-corrected chi connectivity index (χ3v) is 4.39. The Morgan fingerprint density at radius 3 is 1.62 bits per heavy atom. The molecule has 0 saturated carbocycles. The van der Waals surface area contributed by atoms with Crippen LogP contribution in [0.1, 0.15) is 49.9 Å². The maximum atomic E-state index is 10.9. The van der Waals surface area contributed by atoms with Gasteiger partial charge in [-0.1, -0.05) is 58.0 Å². The Balaban J connectivity index is 2.86. The second kappa shape index (κ2) is 6.80. The van der Waals surface area contributed by atoms with Gasteiger partial charge in [-0.05, 0) is 53.5 Å². The SMILES string of the molecule is CCc1c(O)c(-c2ccccc2)c(CC)c(CC)c1CC. The predicted octanol–water partition coefficient (Wildman–Crippen LogP) is 5.31. The molecular formula is C20H26O. The van der Waals surface area contributed by atoms with Crippen LogP contribution in [0.5, 0.6) is 5.75 Å². The van der Waals surface area contributed by atoms with E-state index in [0.717, 1.165) is 42.4 Å². The summed E-state index contributed by atoms with van der Waals surface area (Å²) in [6.07, 6.45) is 3.85. The second-order valence-electron chi connectivity index (χ2n) is 5.42. The van der Waals surface area contributed by atoms with Gasteiger partial charge in [0.25, 0.3) is 0 Å². The number of hydrogen-bond donors (Lipinski definition) is 1. The predicted molar refractivity (Wildman–Crippen MR) is 91.1 cm³/mol. The van der Waals surface area contributed by atoms with E-state index in [-0.39, 0.29) is 0 Å². The van der Waals surface area contributed by atoms with E-state index in [1.54, 1.807) is 0 Å². The molecule has 21 heavy (non-hydrogen) atoms. The maximum absolute atomic E-state index is 10.9. The highest BCUT2D eigenvalue weighted by Crippen LogP contribution is 2.41. The molecule has 0 aliphatic carbocycles. The average Bonchev–Trinajstić information content (AvgIpc) is 2.54. The minimum Gasteiger partial charge on any atom is -0.507 e. The molecule has 0 amide bonds. The first-order valence-corrected chi connectivity index (χ1v) is 8.13. The molecule has 1 N–H and O–H groups in total. The zero-order chi connectivity index (χ0) is 15.4. The van der Waals surface area contributed by atoms with E-state index >= 15 is 0 Å². The van der Waals surface area contributed by atoms with Crippen LogP contribution in [0.3, 0.4) is 0 Å². The number of phenols is 1. The Morgan fingerprint density at radius 1 is 0.667 bits per heavy atom. The van der Waals surface area contributed by atoms with E-state index in [2.05, 4.69) is 39.8 Å². The van der Waals surface area contributed by atoms with Crippen molar-refractivity contribution in [3.63, 3.8) is 0 Å². The lowest BCUT2D eigenvalue weighted by Gasteiger charge is -2.22. The quantitative estimate of drug-likeness (QED) is 0.788. The molecule has 0 saturated heterocycles. The number of benzene rings is 2. The lowest BCUT2D eigenvalue weighted by atomic mass is 9.83. The van der Waals surface area contributed by atoms with Crippen molar-refractivity contribution in [1.29, 1.82) is 0 Å². The smallest absolute Gasteiger partial charge is 0.127 e. The van der Waals surface area contributed by atoms with Crippen LogP contribution < -0.4 is 0 Å². The van der Waals surface area contributed by atoms with Crippen molar-refractivity contribution < 1.29 is 5.11 Å². The lowest BCUT2D eigenvalue weighted by molar-refractivity contribution is 0.468. The summed E-state index contributed by atoms with van der Waals surface area (Å²) in [7, 11) is 0. The molecule has 0 unspecified atom stereocenters. The first-order chi connectivity index (χ1) is 10.2. The number of rotatable bonds is 5. The van der Waals surface area contributed by atoms with Gasteiger partial charge in [-0.2, -0.15) is 0 Å². The fourth-order valence-corrected chi connectivity index (χ4v) is 3.49. The van der Waals surface area contributed by atoms with Crippen LogP contribution >= 0.6 is 0 Å². The van der Waals surface area contributed by atoms with Crippen LogP contribution in [0.25, 0.3) is 11.1 Å². The number of hydrogen-bond acceptors (Lipinski definition) is 1. The van der Waals surface area contributed by atoms with Crippen molar-refractivity contribution in [1.82, 2.24) is 0 Å². The molecule has 2 aromatic carbocycles. The molecule has 1 nitrogen and oxygen atoms in total. The topological polar surface area (TPSA) is 20.2 Å². The molecule has 0 heterocycles. The van der Waals surface area contributed by atoms with Gasteiger partial charge in [0.05, 0.1) is 0 Å². The van der Waals surface area contributed by atoms with Gasteiger partial charge in [0.15, 0.2) is 0 Å². The van der Waals surface area contributed by atoms with Crippen LogP contribution in [0.15, 0.2) is 30.3 Å². The monoisotopic (exact) mass is 282 g/mol. The molecule has 2 aromatic rings. The highest BCUT2D eigenvalue weighted by molar-refractivity contribution is 5.78. The molecule has 0 bridgehead atoms. The zero-order valence-corrected chi connectivity index (χ0v) is 13.7. The molecule has 0 spiro atoms. The van der Waals surface area contributed by atoms with Crippen molar-refractivity contribution in [3.05, 3.63) is 52.6 Å². The van der Waals surface area contributed by atoms with Crippen LogP contribution in [0.2, 0.25) is 0 Å². The third-order valence-electron chi connectivity index (χ3n) is 4.39. The van der Waals surface area contributed by atoms with Crippen molar-refractivity contribution in [3.8, 4) is 16.9 Å². The molecule has 0 radical (unpaired) electrons. The highest BCUT2D eigenvalue weighted by atomic mass is 16.3. The fraction of sp³-hybridized carbons (Fsp3) is 0.400. The Bertz CT molecular complexity index is 612. The van der Waals surface area contributed by atoms with E-state index < -0.39 is 0 Å². The minimum absolute atomic E-state index is 0.495. The normalized spacial score (nSPS) is 10.9. The van der Waals surface area contributed by atoms with Gasteiger partial charge in [-0.3, -0.25) is 0 Å². The third kappa shape index (κ3) is 2.70. The van der Waals surface area contributed by atoms with Crippen LogP contribution in [-0.4, -0.2) is 5.11 Å². The Kier molecular flexibility index (Phi) is 5.06. The number of aromatic hydroxyl groups is 1. The summed E-state index contributed by atoms with van der Waals surface area (Å²) >= 11 is 0. The highest BCUT2D eigenvalue weighted by Gasteiger charge is 2.20. The molecule has 0 aliphatic heterocycles. The van der Waals surface area contributed by atoms with Crippen LogP contribution in [-0.2, 0) is 25.7 Å². The van der Waals surface area contributed by atoms with E-state index in [4.69, 9.17) is 0 Å². The van der Waals surface area contributed by atoms with Gasteiger partial charge in [0, 0.05) is 5.56 Å². The van der Waals surface area contributed by atoms with Crippen molar-refractivity contribution >= 4 is 0 Å². The van der Waals surface area contributed by atoms with E-state index in [9.17, 15) is 5.11 Å². The van der Waals surface area contributed by atoms with Gasteiger partial charge in [0.2, 0.25) is 0 Å². The second-order valence-corrected chi connectivity index (χ2v) is 5.42. The summed E-state index contributed by atoms with van der Waals surface area (Å²) in [6.45, 7) is 8.73. The summed E-state index contributed by atoms with van der Waals surface area (Å²) in [5, 5.41) is 10.9. The fourth-order valence-electron chi connectivity index (χ4n) is 3.49. The largest absolute Gasteiger partial charge is 0.507 e. The standard InChI is InChI=1S/C20H26O/c1-5-15-16(6-2)18(8-4)20(21)19(17(15)7-3)14-12-10-9-11-13-14/h9-13,21H,5-8H2,1-4H3. The molecule has 1 heteroatoms. The van der Waals surface area contributed by atoms with Crippen molar-refractivity contribution in [2.75, 3.05) is 0 Å². The lowest BCUT2D eigenvalue weighted by Crippen LogP contribution is -2.06. The molecule has 0 aliphatic rings. The zero-order valence-electron chi connectivity index (χ0n) is 13.7. The van der Waals surface area contributed by atoms with E-state index in [1.807, 2.05) is 18.2 Å². The summed E-state index contributed by atoms with van der Waals surface area (Å²) in [5.41, 5.74) is 7.41. The summed E-state index contributed by atoms with van der Waals surface area (Å²) in [5.74, 6) is 0.495. The Hall–Kier alpha value is -1.76. The van der Waals surface area contributed by atoms with Gasteiger partial charge >= 0.3 is 0 Å². The molecule has 0 fully saturated rings. The molecule has 0 atom stereocenters. The van der Waals surface area contributed by atoms with Crippen molar-refractivity contribution in [2.24, 2.45) is 0 Å². The van der Waals surface area contributed by atoms with Gasteiger partial charge in [-0.15, -0.1) is 0 Å². The molecule has 2 rings (SSSR count). The van der Waals surface area contributed by atoms with E-state index in [1.165, 1.54) is 16.7 Å². The Labute approximate surface area is 128 Å². The van der Waals surface area contributed by atoms with E-state index in [0.29, 0.717) is 5.75 Å². The van der Waals surface area contributed by atoms with Crippen LogP contribution in [0.4, 0.5) is 0 Å². The Morgan fingerprint density at radius 2 is 1.14 bits per heavy atom. The first-order valence-electron chi connectivity index (χ1n) is 8.13. The van der Waals surface area contributed by atoms with Gasteiger partial charge in [-0.25, -0.2) is 0 Å². The molecule has 112 valence electrons. The average molecular weight is 282 g/mol. The first kappa shape index (κ1) is 15.6. The summed E-state index contributed by atoms with van der Waals surface area (Å²) in [6, 6.07) is 10.3. The summed E-state index contributed by atoms with van der Waals surface area (Å²) < 4.78 is 0. The summed E-state index contributed by atoms with van der Waals surface area (Å²) in [4.78, 5) is 0. The molecule has 0 aromatic heterocycles. The maximum Gasteiger partial charge on any atom is 0.127 e. The van der Waals surface area contributed by atoms with Gasteiger partial charge in [0.1, 0.15) is 5.75 Å².